The van der Waals surface area contributed by atoms with Gasteiger partial charge in [-0.25, -0.2) is 0 Å². The Hall–Kier alpha value is -0.370. The van der Waals surface area contributed by atoms with Gasteiger partial charge < -0.3 is 4.90 Å². The maximum absolute atomic E-state index is 4.56. The minimum atomic E-state index is 0.608. The van der Waals surface area contributed by atoms with Gasteiger partial charge in [-0.3, -0.25) is 4.99 Å². The summed E-state index contributed by atoms with van der Waals surface area (Å²) in [5.41, 5.74) is 1.22. The number of hydrogen-bond donors (Lipinski definition) is 0. The molecule has 1 rings (SSSR count). The van der Waals surface area contributed by atoms with E-state index in [4.69, 9.17) is 0 Å². The van der Waals surface area contributed by atoms with Gasteiger partial charge in [0.2, 0.25) is 0 Å². The fourth-order valence-corrected chi connectivity index (χ4v) is 1.49. The number of aliphatic imine (C=N–C) groups is 1. The summed E-state index contributed by atoms with van der Waals surface area (Å²) in [5, 5.41) is 0. The van der Waals surface area contributed by atoms with Crippen LogP contribution in [0, 0.1) is 0 Å². The molecule has 11 heavy (non-hydrogen) atoms. The zero-order valence-electron chi connectivity index (χ0n) is 7.80. The summed E-state index contributed by atoms with van der Waals surface area (Å²) in [4.78, 5) is 6.93. The van der Waals surface area contributed by atoms with E-state index in [0.717, 1.165) is 0 Å². The number of hydrogen-bond acceptors (Lipinski definition) is 2. The smallest absolute Gasteiger partial charge is 0.0523 e. The zero-order chi connectivity index (χ0) is 8.27. The maximum Gasteiger partial charge on any atom is 0.0523 e. The molecular weight excluding hydrogens is 136 g/mol. The monoisotopic (exact) mass is 154 g/mol. The topological polar surface area (TPSA) is 15.6 Å². The molecule has 0 amide bonds. The first kappa shape index (κ1) is 8.72. The Bertz CT molecular complexity index is 140. The lowest BCUT2D eigenvalue weighted by Gasteiger charge is -2.26. The summed E-state index contributed by atoms with van der Waals surface area (Å²) in [6.45, 7) is 6.58. The lowest BCUT2D eigenvalue weighted by molar-refractivity contribution is 0.257. The van der Waals surface area contributed by atoms with Crippen LogP contribution in [0.5, 0.6) is 0 Å². The number of piperidine rings is 1. The third-order valence-electron chi connectivity index (χ3n) is 2.13. The minimum absolute atomic E-state index is 0.608. The molecule has 0 aliphatic carbocycles. The summed E-state index contributed by atoms with van der Waals surface area (Å²) >= 11 is 0. The fraction of sp³-hybridized carbons (Fsp3) is 0.889. The van der Waals surface area contributed by atoms with Gasteiger partial charge in [-0.05, 0) is 46.8 Å². The van der Waals surface area contributed by atoms with Crippen LogP contribution in [0.3, 0.4) is 0 Å². The molecule has 0 atom stereocenters. The maximum atomic E-state index is 4.56. The van der Waals surface area contributed by atoms with E-state index in [9.17, 15) is 0 Å². The molecule has 0 bridgehead atoms. The normalized spacial score (nSPS) is 21.7. The fourth-order valence-electron chi connectivity index (χ4n) is 1.49. The second kappa shape index (κ2) is 3.86. The van der Waals surface area contributed by atoms with E-state index < -0.39 is 0 Å². The summed E-state index contributed by atoms with van der Waals surface area (Å²) < 4.78 is 0. The zero-order valence-corrected chi connectivity index (χ0v) is 7.80. The number of nitrogens with zero attached hydrogens (tertiary/aromatic N) is 2. The molecule has 1 heterocycles. The lowest BCUT2D eigenvalue weighted by Crippen LogP contribution is -2.32. The molecule has 0 N–H and O–H groups in total. The van der Waals surface area contributed by atoms with Crippen LogP contribution in [-0.2, 0) is 0 Å². The van der Waals surface area contributed by atoms with Gasteiger partial charge in [0.15, 0.2) is 0 Å². The molecule has 0 aromatic rings. The van der Waals surface area contributed by atoms with E-state index in [2.05, 4.69) is 30.8 Å². The van der Waals surface area contributed by atoms with Crippen LogP contribution >= 0.6 is 0 Å². The van der Waals surface area contributed by atoms with E-state index in [1.54, 1.807) is 0 Å². The van der Waals surface area contributed by atoms with Crippen molar-refractivity contribution >= 4 is 5.71 Å². The first-order valence-corrected chi connectivity index (χ1v) is 4.38. The second-order valence-electron chi connectivity index (χ2n) is 3.61. The van der Waals surface area contributed by atoms with Crippen molar-refractivity contribution in [3.63, 3.8) is 0 Å². The first-order valence-electron chi connectivity index (χ1n) is 4.38. The van der Waals surface area contributed by atoms with Crippen LogP contribution in [-0.4, -0.2) is 36.8 Å². The molecule has 0 radical (unpaired) electrons. The van der Waals surface area contributed by atoms with Crippen molar-refractivity contribution in [2.75, 3.05) is 20.1 Å². The largest absolute Gasteiger partial charge is 0.306 e. The molecule has 0 unspecified atom stereocenters. The first-order chi connectivity index (χ1) is 5.18. The Morgan fingerprint density at radius 3 is 2.27 bits per heavy atom. The van der Waals surface area contributed by atoms with Crippen LogP contribution in [0.4, 0.5) is 0 Å². The molecule has 64 valence electrons. The van der Waals surface area contributed by atoms with Gasteiger partial charge >= 0.3 is 0 Å². The average Bonchev–Trinajstić information content (AvgIpc) is 1.93. The highest BCUT2D eigenvalue weighted by molar-refractivity contribution is 5.79. The van der Waals surface area contributed by atoms with Crippen molar-refractivity contribution in [3.05, 3.63) is 0 Å². The number of rotatable bonds is 1. The van der Waals surface area contributed by atoms with Crippen LogP contribution in [0.25, 0.3) is 0 Å². The highest BCUT2D eigenvalue weighted by Crippen LogP contribution is 2.11. The summed E-state index contributed by atoms with van der Waals surface area (Å²) in [6, 6.07) is 0.608. The van der Waals surface area contributed by atoms with Crippen LogP contribution < -0.4 is 0 Å². The molecule has 1 fully saturated rings. The van der Waals surface area contributed by atoms with Gasteiger partial charge in [-0.15, -0.1) is 0 Å². The van der Waals surface area contributed by atoms with Crippen LogP contribution in [0.15, 0.2) is 4.99 Å². The molecule has 0 aromatic carbocycles. The quantitative estimate of drug-likeness (QED) is 0.523. The Labute approximate surface area is 69.3 Å². The average molecular weight is 154 g/mol. The Morgan fingerprint density at radius 2 is 1.82 bits per heavy atom. The van der Waals surface area contributed by atoms with Gasteiger partial charge in [-0.1, -0.05) is 0 Å². The summed E-state index contributed by atoms with van der Waals surface area (Å²) in [5.74, 6) is 0. The van der Waals surface area contributed by atoms with Crippen LogP contribution in [0.1, 0.15) is 26.7 Å². The van der Waals surface area contributed by atoms with Crippen molar-refractivity contribution in [3.8, 4) is 0 Å². The third kappa shape index (κ3) is 3.02. The van der Waals surface area contributed by atoms with Crippen molar-refractivity contribution in [1.29, 1.82) is 0 Å². The van der Waals surface area contributed by atoms with Gasteiger partial charge in [0.25, 0.3) is 0 Å². The van der Waals surface area contributed by atoms with Crippen molar-refractivity contribution < 1.29 is 0 Å². The summed E-state index contributed by atoms with van der Waals surface area (Å²) in [7, 11) is 2.18. The van der Waals surface area contributed by atoms with Gasteiger partial charge in [0.1, 0.15) is 0 Å². The van der Waals surface area contributed by atoms with E-state index >= 15 is 0 Å². The molecule has 0 saturated carbocycles. The molecule has 1 aliphatic rings. The van der Waals surface area contributed by atoms with E-state index in [0.29, 0.717) is 6.04 Å². The summed E-state index contributed by atoms with van der Waals surface area (Å²) in [6.07, 6.45) is 2.48. The Balaban J connectivity index is 2.34. The standard InChI is InChI=1S/C9H18N2/c1-8(2)10-9-4-6-11(3)7-5-9/h9H,4-7H2,1-3H3. The van der Waals surface area contributed by atoms with Crippen molar-refractivity contribution in [2.45, 2.75) is 32.7 Å². The molecule has 2 heteroatoms. The number of likely N-dealkylation sites (tertiary alicyclic amines) is 1. The third-order valence-corrected chi connectivity index (χ3v) is 2.13. The van der Waals surface area contributed by atoms with Gasteiger partial charge in [0.05, 0.1) is 6.04 Å². The Morgan fingerprint density at radius 1 is 1.27 bits per heavy atom. The molecule has 0 spiro atoms. The Kier molecular flexibility index (Phi) is 3.06. The van der Waals surface area contributed by atoms with Crippen LogP contribution in [0.2, 0.25) is 0 Å². The van der Waals surface area contributed by atoms with E-state index in [-0.39, 0.29) is 0 Å². The molecule has 1 aliphatic heterocycles. The lowest BCUT2D eigenvalue weighted by atomic mass is 10.1. The van der Waals surface area contributed by atoms with E-state index in [1.165, 1.54) is 31.6 Å². The predicted octanol–water partition coefficient (Wildman–Crippen LogP) is 1.56. The van der Waals surface area contributed by atoms with Gasteiger partial charge in [0, 0.05) is 5.71 Å². The SMILES string of the molecule is CC(C)=NC1CCN(C)CC1. The highest BCUT2D eigenvalue weighted by Gasteiger charge is 2.14. The van der Waals surface area contributed by atoms with Crippen molar-refractivity contribution in [1.82, 2.24) is 4.90 Å². The molecule has 0 aromatic heterocycles. The predicted molar refractivity (Wildman–Crippen MR) is 49.3 cm³/mol. The van der Waals surface area contributed by atoms with Gasteiger partial charge in [-0.2, -0.15) is 0 Å². The molecule has 2 nitrogen and oxygen atoms in total. The molecular formula is C9H18N2. The minimum Gasteiger partial charge on any atom is -0.306 e. The second-order valence-corrected chi connectivity index (χ2v) is 3.61. The highest BCUT2D eigenvalue weighted by atomic mass is 15.1. The molecule has 1 saturated heterocycles. The van der Waals surface area contributed by atoms with Crippen molar-refractivity contribution in [2.24, 2.45) is 4.99 Å². The van der Waals surface area contributed by atoms with E-state index in [1.807, 2.05) is 0 Å².